The highest BCUT2D eigenvalue weighted by atomic mass is 35.5. The first-order valence-electron chi connectivity index (χ1n) is 14.8. The number of halogens is 4. The Hall–Kier alpha value is -4.12. The van der Waals surface area contributed by atoms with Crippen molar-refractivity contribution in [2.75, 3.05) is 18.5 Å². The Bertz CT molecular complexity index is 1750. The average molecular weight is 700 g/mol. The van der Waals surface area contributed by atoms with Crippen LogP contribution < -0.4 is 14.8 Å². The molecule has 3 atom stereocenters. The molecule has 2 fully saturated rings. The quantitative estimate of drug-likeness (QED) is 0.216. The number of pyridine rings is 2. The molecule has 0 spiro atoms. The summed E-state index contributed by atoms with van der Waals surface area (Å²) < 4.78 is 72.7. The minimum Gasteiger partial charge on any atom is -0.477 e. The highest BCUT2D eigenvalue weighted by Crippen LogP contribution is 2.51. The second-order valence-electron chi connectivity index (χ2n) is 12.1. The van der Waals surface area contributed by atoms with Gasteiger partial charge in [-0.2, -0.15) is 21.6 Å². The second-order valence-corrected chi connectivity index (χ2v) is 14.0. The third kappa shape index (κ3) is 8.06. The number of aromatic nitrogens is 4. The van der Waals surface area contributed by atoms with Gasteiger partial charge in [-0.1, -0.05) is 17.7 Å². The summed E-state index contributed by atoms with van der Waals surface area (Å²) in [5.41, 5.74) is -0.701. The first kappa shape index (κ1) is 34.2. The molecule has 254 valence electrons. The lowest BCUT2D eigenvalue weighted by atomic mass is 10.0. The predicted octanol–water partition coefficient (Wildman–Crippen LogP) is 5.12. The van der Waals surface area contributed by atoms with Crippen LogP contribution in [-0.4, -0.2) is 81.1 Å². The third-order valence-corrected chi connectivity index (χ3v) is 9.80. The Kier molecular flexibility index (Phi) is 9.59. The molecule has 3 aromatic rings. The molecule has 4 heterocycles. The fourth-order valence-electron chi connectivity index (χ4n) is 5.73. The number of alkyl halides is 3. The fraction of sp³-hybridized carbons (Fsp3) is 0.483. The molecule has 3 aromatic heterocycles. The number of hydrogen-bond acceptors (Lipinski definition) is 9. The Labute approximate surface area is 273 Å². The zero-order valence-corrected chi connectivity index (χ0v) is 26.9. The molecule has 0 radical (unpaired) electrons. The molecule has 0 aromatic carbocycles. The van der Waals surface area contributed by atoms with Gasteiger partial charge in [-0.15, -0.1) is 5.10 Å². The number of sulfonamides is 1. The van der Waals surface area contributed by atoms with Gasteiger partial charge in [0, 0.05) is 30.4 Å². The van der Waals surface area contributed by atoms with E-state index in [1.807, 2.05) is 18.6 Å². The van der Waals surface area contributed by atoms with Crippen LogP contribution in [0.4, 0.5) is 23.8 Å². The summed E-state index contributed by atoms with van der Waals surface area (Å²) in [6, 6.07) is 8.16. The van der Waals surface area contributed by atoms with Gasteiger partial charge in [-0.25, -0.2) is 24.2 Å². The molecule has 0 bridgehead atoms. The highest BCUT2D eigenvalue weighted by molar-refractivity contribution is 7.90. The number of ether oxygens (including phenoxy) is 1. The van der Waals surface area contributed by atoms with E-state index in [1.165, 1.54) is 46.1 Å². The maximum Gasteiger partial charge on any atom is 0.407 e. The van der Waals surface area contributed by atoms with Crippen LogP contribution in [0, 0.1) is 11.8 Å². The van der Waals surface area contributed by atoms with Gasteiger partial charge in [0.05, 0.1) is 18.1 Å². The van der Waals surface area contributed by atoms with Crippen LogP contribution in [0.3, 0.4) is 0 Å². The van der Waals surface area contributed by atoms with Crippen molar-refractivity contribution in [1.82, 2.24) is 29.4 Å². The van der Waals surface area contributed by atoms with Crippen molar-refractivity contribution in [1.29, 1.82) is 0 Å². The molecule has 3 N–H and O–H groups in total. The summed E-state index contributed by atoms with van der Waals surface area (Å²) in [5, 5.41) is 16.1. The van der Waals surface area contributed by atoms with E-state index in [1.54, 1.807) is 6.07 Å². The Balaban J connectivity index is 1.15. The standard InChI is InChI=1S/C29H33ClF3N7O6S/c1-28(2)12-8-18(40(28)27(42)43)9-13-34-21-4-3-5-24(35-21)47(44,45)38-26(41)19-6-7-22(36-25(19)30)39-14-10-23(37-39)46-15-11-17-16-20(17)29(31,32)33/h3-7,10,14,17-18,20H,8-9,11-13,15-16H2,1-2H3,(H,34,35)(H,38,41)(H,42,43). The number of carboxylic acid groups (broad SMARTS) is 1. The lowest BCUT2D eigenvalue weighted by Crippen LogP contribution is -2.46. The molecular weight excluding hydrogens is 667 g/mol. The summed E-state index contributed by atoms with van der Waals surface area (Å²) in [5.74, 6) is -2.22. The molecule has 47 heavy (non-hydrogen) atoms. The van der Waals surface area contributed by atoms with E-state index >= 15 is 0 Å². The zero-order valence-electron chi connectivity index (χ0n) is 25.4. The Morgan fingerprint density at radius 1 is 1.15 bits per heavy atom. The number of anilines is 1. The molecule has 13 nitrogen and oxygen atoms in total. The summed E-state index contributed by atoms with van der Waals surface area (Å²) >= 11 is 6.22. The lowest BCUT2D eigenvalue weighted by molar-refractivity contribution is -0.151. The summed E-state index contributed by atoms with van der Waals surface area (Å²) in [6.45, 7) is 4.16. The second kappa shape index (κ2) is 13.2. The molecule has 3 unspecified atom stereocenters. The van der Waals surface area contributed by atoms with Crippen molar-refractivity contribution >= 4 is 39.4 Å². The van der Waals surface area contributed by atoms with Crippen LogP contribution in [0.5, 0.6) is 5.88 Å². The molecule has 2 amide bonds. The maximum absolute atomic E-state index is 13.0. The van der Waals surface area contributed by atoms with Gasteiger partial charge in [-0.3, -0.25) is 4.79 Å². The number of likely N-dealkylation sites (tertiary alicyclic amines) is 1. The molecule has 18 heteroatoms. The first-order chi connectivity index (χ1) is 22.0. The smallest absolute Gasteiger partial charge is 0.407 e. The minimum atomic E-state index is -4.42. The third-order valence-electron chi connectivity index (χ3n) is 8.28. The number of hydrogen-bond donors (Lipinski definition) is 3. The number of nitrogens with one attached hydrogen (secondary N) is 2. The maximum atomic E-state index is 13.0. The number of nitrogens with zero attached hydrogens (tertiary/aromatic N) is 5. The van der Waals surface area contributed by atoms with Crippen LogP contribution in [0.15, 0.2) is 47.6 Å². The topological polar surface area (TPSA) is 169 Å². The van der Waals surface area contributed by atoms with Gasteiger partial charge in [0.2, 0.25) is 5.88 Å². The van der Waals surface area contributed by atoms with E-state index in [2.05, 4.69) is 20.4 Å². The van der Waals surface area contributed by atoms with Crippen molar-refractivity contribution in [3.8, 4) is 11.7 Å². The summed E-state index contributed by atoms with van der Waals surface area (Å²) in [7, 11) is -4.42. The van der Waals surface area contributed by atoms with Gasteiger partial charge >= 0.3 is 12.3 Å². The van der Waals surface area contributed by atoms with Crippen LogP contribution in [0.25, 0.3) is 5.82 Å². The van der Waals surface area contributed by atoms with Crippen molar-refractivity contribution in [2.45, 2.75) is 68.7 Å². The van der Waals surface area contributed by atoms with Crippen molar-refractivity contribution in [2.24, 2.45) is 11.8 Å². The minimum absolute atomic E-state index is 0.0638. The SMILES string of the molecule is CC1(C)CCC(CCNc2cccc(S(=O)(=O)NC(=O)c3ccc(-n4ccc(OCCC5CC5C(F)(F)F)n4)nc3Cl)n2)N1C(=O)O. The van der Waals surface area contributed by atoms with Crippen LogP contribution in [0.1, 0.15) is 56.3 Å². The van der Waals surface area contributed by atoms with Crippen LogP contribution in [0.2, 0.25) is 5.15 Å². The first-order valence-corrected chi connectivity index (χ1v) is 16.6. The normalized spacial score (nSPS) is 20.6. The summed E-state index contributed by atoms with van der Waals surface area (Å²) in [6.07, 6.45) is -1.41. The highest BCUT2D eigenvalue weighted by Gasteiger charge is 2.55. The van der Waals surface area contributed by atoms with Crippen molar-refractivity contribution in [3.63, 3.8) is 0 Å². The van der Waals surface area contributed by atoms with Crippen LogP contribution in [-0.2, 0) is 10.0 Å². The Morgan fingerprint density at radius 2 is 1.91 bits per heavy atom. The largest absolute Gasteiger partial charge is 0.477 e. The van der Waals surface area contributed by atoms with E-state index in [9.17, 15) is 36.3 Å². The molecule has 5 rings (SSSR count). The predicted molar refractivity (Wildman–Crippen MR) is 163 cm³/mol. The molecule has 2 aliphatic rings. The van der Waals surface area contributed by atoms with Crippen molar-refractivity contribution in [3.05, 3.63) is 53.3 Å². The molecule has 1 saturated carbocycles. The summed E-state index contributed by atoms with van der Waals surface area (Å²) in [4.78, 5) is 34.3. The van der Waals surface area contributed by atoms with Crippen LogP contribution >= 0.6 is 11.6 Å². The van der Waals surface area contributed by atoms with Gasteiger partial charge in [-0.05, 0) is 76.1 Å². The lowest BCUT2D eigenvalue weighted by Gasteiger charge is -2.33. The number of amides is 2. The van der Waals surface area contributed by atoms with Gasteiger partial charge in [0.1, 0.15) is 11.0 Å². The van der Waals surface area contributed by atoms with Gasteiger partial charge in [0.15, 0.2) is 10.8 Å². The fourth-order valence-corrected chi connectivity index (χ4v) is 6.90. The molecule has 1 saturated heterocycles. The molecular formula is C29H33ClF3N7O6S. The number of rotatable bonds is 12. The van der Waals surface area contributed by atoms with E-state index in [0.717, 1.165) is 6.42 Å². The van der Waals surface area contributed by atoms with E-state index < -0.39 is 50.6 Å². The van der Waals surface area contributed by atoms with Gasteiger partial charge in [0.25, 0.3) is 15.9 Å². The molecule has 1 aliphatic carbocycles. The van der Waals surface area contributed by atoms with Crippen molar-refractivity contribution < 1.29 is 41.0 Å². The average Bonchev–Trinajstić information content (AvgIpc) is 3.51. The number of carbonyl (C=O) groups is 2. The number of carbonyl (C=O) groups excluding carboxylic acids is 1. The Morgan fingerprint density at radius 3 is 2.60 bits per heavy atom. The zero-order chi connectivity index (χ0) is 34.1. The van der Waals surface area contributed by atoms with E-state index in [0.29, 0.717) is 19.4 Å². The van der Waals surface area contributed by atoms with E-state index in [4.69, 9.17) is 16.3 Å². The van der Waals surface area contributed by atoms with Gasteiger partial charge < -0.3 is 20.1 Å². The molecule has 1 aliphatic heterocycles. The monoisotopic (exact) mass is 699 g/mol. The van der Waals surface area contributed by atoms with E-state index in [-0.39, 0.29) is 53.7 Å².